The van der Waals surface area contributed by atoms with Crippen molar-refractivity contribution < 1.29 is 9.59 Å². The summed E-state index contributed by atoms with van der Waals surface area (Å²) >= 11 is 5.80. The predicted molar refractivity (Wildman–Crippen MR) is 102 cm³/mol. The van der Waals surface area contributed by atoms with Crippen molar-refractivity contribution >= 4 is 34.8 Å². The van der Waals surface area contributed by atoms with Crippen LogP contribution in [0, 0.1) is 5.92 Å². The van der Waals surface area contributed by atoms with Gasteiger partial charge in [0.05, 0.1) is 11.9 Å². The molecule has 0 unspecified atom stereocenters. The first kappa shape index (κ1) is 18.2. The lowest BCUT2D eigenvalue weighted by molar-refractivity contribution is -0.136. The van der Waals surface area contributed by atoms with E-state index in [9.17, 15) is 9.59 Å². The van der Waals surface area contributed by atoms with Gasteiger partial charge in [0.2, 0.25) is 0 Å². The van der Waals surface area contributed by atoms with Crippen molar-refractivity contribution in [1.29, 1.82) is 0 Å². The Bertz CT molecular complexity index is 744. The quantitative estimate of drug-likeness (QED) is 0.809. The minimum absolute atomic E-state index is 0.371. The highest BCUT2D eigenvalue weighted by molar-refractivity contribution is 6.39. The lowest BCUT2D eigenvalue weighted by Gasteiger charge is -2.33. The van der Waals surface area contributed by atoms with E-state index in [0.717, 1.165) is 31.6 Å². The molecule has 2 heterocycles. The summed E-state index contributed by atoms with van der Waals surface area (Å²) in [6, 6.07) is 10.6. The van der Waals surface area contributed by atoms with Gasteiger partial charge in [-0.2, -0.15) is 0 Å². The summed E-state index contributed by atoms with van der Waals surface area (Å²) in [6.07, 6.45) is 5.56. The van der Waals surface area contributed by atoms with Crippen molar-refractivity contribution in [1.82, 2.24) is 10.3 Å². The average Bonchev–Trinajstić information content (AvgIpc) is 2.69. The second-order valence-corrected chi connectivity index (χ2v) is 6.75. The van der Waals surface area contributed by atoms with Crippen molar-refractivity contribution in [2.24, 2.45) is 5.92 Å². The van der Waals surface area contributed by atoms with Crippen LogP contribution >= 0.6 is 11.6 Å². The van der Waals surface area contributed by atoms with E-state index in [1.54, 1.807) is 30.5 Å². The van der Waals surface area contributed by atoms with Crippen LogP contribution in [0.4, 0.5) is 11.4 Å². The van der Waals surface area contributed by atoms with Crippen LogP contribution in [0.25, 0.3) is 0 Å². The monoisotopic (exact) mass is 372 g/mol. The van der Waals surface area contributed by atoms with Crippen molar-refractivity contribution in [3.63, 3.8) is 0 Å². The zero-order chi connectivity index (χ0) is 18.4. The molecule has 0 saturated carbocycles. The molecule has 1 aromatic heterocycles. The van der Waals surface area contributed by atoms with E-state index >= 15 is 0 Å². The van der Waals surface area contributed by atoms with E-state index in [0.29, 0.717) is 23.2 Å². The van der Waals surface area contributed by atoms with Crippen molar-refractivity contribution in [2.45, 2.75) is 12.8 Å². The second kappa shape index (κ2) is 8.67. The van der Waals surface area contributed by atoms with Crippen molar-refractivity contribution in [3.05, 3.63) is 53.8 Å². The third kappa shape index (κ3) is 4.95. The predicted octanol–water partition coefficient (Wildman–Crippen LogP) is 2.71. The maximum atomic E-state index is 12.0. The third-order valence-corrected chi connectivity index (χ3v) is 4.74. The number of hydrogen-bond acceptors (Lipinski definition) is 4. The summed E-state index contributed by atoms with van der Waals surface area (Å²) in [7, 11) is 0. The maximum Gasteiger partial charge on any atom is 0.313 e. The third-order valence-electron chi connectivity index (χ3n) is 4.49. The van der Waals surface area contributed by atoms with E-state index in [2.05, 4.69) is 26.6 Å². The molecule has 3 rings (SSSR count). The molecule has 7 heteroatoms. The number of amides is 2. The standard InChI is InChI=1S/C19H21ClN4O2/c20-15-3-5-16(6-4-15)23-19(26)18(25)22-12-14-7-10-24(11-8-14)17-2-1-9-21-13-17/h1-6,9,13-14H,7-8,10-12H2,(H,22,25)(H,23,26). The molecule has 1 fully saturated rings. The number of nitrogens with zero attached hydrogens (tertiary/aromatic N) is 2. The normalized spacial score (nSPS) is 14.7. The molecule has 1 aliphatic heterocycles. The van der Waals surface area contributed by atoms with Gasteiger partial charge in [0.25, 0.3) is 0 Å². The molecular weight excluding hydrogens is 352 g/mol. The van der Waals surface area contributed by atoms with Crippen LogP contribution in [-0.4, -0.2) is 36.4 Å². The van der Waals surface area contributed by atoms with Gasteiger partial charge in [0, 0.05) is 36.5 Å². The smallest absolute Gasteiger partial charge is 0.313 e. The van der Waals surface area contributed by atoms with Gasteiger partial charge < -0.3 is 15.5 Å². The number of halogens is 1. The number of nitrogens with one attached hydrogen (secondary N) is 2. The van der Waals surface area contributed by atoms with Gasteiger partial charge in [0.1, 0.15) is 0 Å². The molecular formula is C19H21ClN4O2. The Morgan fingerprint density at radius 2 is 1.85 bits per heavy atom. The maximum absolute atomic E-state index is 12.0. The lowest BCUT2D eigenvalue weighted by Crippen LogP contribution is -2.41. The second-order valence-electron chi connectivity index (χ2n) is 6.31. The Kier molecular flexibility index (Phi) is 6.07. The van der Waals surface area contributed by atoms with Gasteiger partial charge in [0.15, 0.2) is 0 Å². The molecule has 26 heavy (non-hydrogen) atoms. The van der Waals surface area contributed by atoms with Gasteiger partial charge in [-0.05, 0) is 55.2 Å². The number of aromatic nitrogens is 1. The SMILES string of the molecule is O=C(NCC1CCN(c2cccnc2)CC1)C(=O)Nc1ccc(Cl)cc1. The Morgan fingerprint density at radius 1 is 1.12 bits per heavy atom. The Labute approximate surface area is 157 Å². The van der Waals surface area contributed by atoms with Crippen molar-refractivity contribution in [2.75, 3.05) is 29.9 Å². The molecule has 0 bridgehead atoms. The average molecular weight is 373 g/mol. The zero-order valence-electron chi connectivity index (χ0n) is 14.3. The number of rotatable bonds is 4. The Morgan fingerprint density at radius 3 is 2.50 bits per heavy atom. The summed E-state index contributed by atoms with van der Waals surface area (Å²) in [5.74, 6) is -0.912. The molecule has 0 atom stereocenters. The Balaban J connectivity index is 1.41. The number of piperidine rings is 1. The van der Waals surface area contributed by atoms with Gasteiger partial charge in [-0.25, -0.2) is 0 Å². The summed E-state index contributed by atoms with van der Waals surface area (Å²) < 4.78 is 0. The molecule has 0 aliphatic carbocycles. The minimum Gasteiger partial charge on any atom is -0.370 e. The van der Waals surface area contributed by atoms with Crippen LogP contribution in [0.2, 0.25) is 5.02 Å². The molecule has 2 aromatic rings. The number of carbonyl (C=O) groups excluding carboxylic acids is 2. The number of pyridine rings is 1. The number of benzene rings is 1. The fourth-order valence-electron chi connectivity index (χ4n) is 2.97. The molecule has 1 aliphatic rings. The highest BCUT2D eigenvalue weighted by atomic mass is 35.5. The van der Waals surface area contributed by atoms with Crippen LogP contribution in [0.3, 0.4) is 0 Å². The molecule has 6 nitrogen and oxygen atoms in total. The largest absolute Gasteiger partial charge is 0.370 e. The van der Waals surface area contributed by atoms with Gasteiger partial charge in [-0.3, -0.25) is 14.6 Å². The molecule has 1 saturated heterocycles. The first-order valence-electron chi connectivity index (χ1n) is 8.61. The van der Waals surface area contributed by atoms with Crippen LogP contribution in [0.1, 0.15) is 12.8 Å². The molecule has 0 spiro atoms. The fourth-order valence-corrected chi connectivity index (χ4v) is 3.10. The summed E-state index contributed by atoms with van der Waals surface area (Å²) in [6.45, 7) is 2.35. The molecule has 136 valence electrons. The van der Waals surface area contributed by atoms with Gasteiger partial charge in [-0.15, -0.1) is 0 Å². The number of hydrogen-bond donors (Lipinski definition) is 2. The van der Waals surface area contributed by atoms with E-state index in [1.165, 1.54) is 0 Å². The van der Waals surface area contributed by atoms with Crippen LogP contribution in [-0.2, 0) is 9.59 Å². The van der Waals surface area contributed by atoms with E-state index in [1.807, 2.05) is 12.3 Å². The first-order valence-corrected chi connectivity index (χ1v) is 8.99. The molecule has 2 N–H and O–H groups in total. The number of carbonyl (C=O) groups is 2. The zero-order valence-corrected chi connectivity index (χ0v) is 15.1. The molecule has 1 aromatic carbocycles. The lowest BCUT2D eigenvalue weighted by atomic mass is 9.96. The fraction of sp³-hybridized carbons (Fsp3) is 0.316. The summed E-state index contributed by atoms with van der Waals surface area (Å²) in [5.41, 5.74) is 1.66. The van der Waals surface area contributed by atoms with E-state index in [-0.39, 0.29) is 0 Å². The van der Waals surface area contributed by atoms with E-state index in [4.69, 9.17) is 11.6 Å². The minimum atomic E-state index is -0.667. The number of anilines is 2. The van der Waals surface area contributed by atoms with Gasteiger partial charge >= 0.3 is 11.8 Å². The van der Waals surface area contributed by atoms with E-state index < -0.39 is 11.8 Å². The van der Waals surface area contributed by atoms with Crippen LogP contribution in [0.5, 0.6) is 0 Å². The highest BCUT2D eigenvalue weighted by Crippen LogP contribution is 2.22. The summed E-state index contributed by atoms with van der Waals surface area (Å²) in [5, 5.41) is 5.87. The topological polar surface area (TPSA) is 74.3 Å². The van der Waals surface area contributed by atoms with Gasteiger partial charge in [-0.1, -0.05) is 11.6 Å². The molecule has 0 radical (unpaired) electrons. The summed E-state index contributed by atoms with van der Waals surface area (Å²) in [4.78, 5) is 30.3. The van der Waals surface area contributed by atoms with Crippen molar-refractivity contribution in [3.8, 4) is 0 Å². The highest BCUT2D eigenvalue weighted by Gasteiger charge is 2.21. The molecule has 2 amide bonds. The first-order chi connectivity index (χ1) is 12.6. The van der Waals surface area contributed by atoms with Crippen LogP contribution < -0.4 is 15.5 Å². The van der Waals surface area contributed by atoms with Crippen LogP contribution in [0.15, 0.2) is 48.8 Å². The Hall–Kier alpha value is -2.60.